The molecule has 10 nitrogen and oxygen atoms in total. The number of anilines is 1. The highest BCUT2D eigenvalue weighted by molar-refractivity contribution is 7.90. The van der Waals surface area contributed by atoms with Gasteiger partial charge in [-0.15, -0.1) is 0 Å². The average molecular weight is 422 g/mol. The number of nitrogens with zero attached hydrogens (tertiary/aromatic N) is 2. The number of sulfonamides is 1. The minimum atomic E-state index is -4.42. The van der Waals surface area contributed by atoms with Crippen LogP contribution < -0.4 is 14.8 Å². The van der Waals surface area contributed by atoms with Crippen molar-refractivity contribution >= 4 is 39.3 Å². The molecule has 0 saturated carbocycles. The number of hydrogen-bond acceptors (Lipinski definition) is 9. The summed E-state index contributed by atoms with van der Waals surface area (Å²) in [5, 5.41) is 4.37. The quantitative estimate of drug-likeness (QED) is 0.672. The van der Waals surface area contributed by atoms with E-state index in [4.69, 9.17) is 0 Å². The molecule has 0 aliphatic heterocycles. The van der Waals surface area contributed by atoms with Crippen molar-refractivity contribution < 1.29 is 36.3 Å². The van der Waals surface area contributed by atoms with Gasteiger partial charge in [0.25, 0.3) is 10.0 Å². The lowest BCUT2D eigenvalue weighted by molar-refractivity contribution is -0.0528. The number of nitrogens with one attached hydrogen (secondary N) is 2. The van der Waals surface area contributed by atoms with Gasteiger partial charge in [-0.25, -0.2) is 27.7 Å². The fourth-order valence-electron chi connectivity index (χ4n) is 1.80. The Morgan fingerprint density at radius 3 is 2.59 bits per heavy atom. The van der Waals surface area contributed by atoms with Crippen LogP contribution in [0.1, 0.15) is 16.1 Å². The molecular weight excluding hydrogens is 410 g/mol. The molecule has 0 radical (unpaired) electrons. The van der Waals surface area contributed by atoms with Crippen LogP contribution in [0.25, 0.3) is 0 Å². The number of amides is 2. The smallest absolute Gasteiger partial charge is 0.388 e. The van der Waals surface area contributed by atoms with E-state index in [1.54, 1.807) is 4.72 Å². The predicted octanol–water partition coefficient (Wildman–Crippen LogP) is 1.74. The third-order valence-electron chi connectivity index (χ3n) is 2.81. The highest BCUT2D eigenvalue weighted by Gasteiger charge is 2.26. The molecule has 2 heterocycles. The van der Waals surface area contributed by atoms with Crippen molar-refractivity contribution in [2.75, 3.05) is 12.4 Å². The zero-order valence-corrected chi connectivity index (χ0v) is 15.4. The molecule has 0 unspecified atom stereocenters. The maximum atomic E-state index is 12.3. The molecule has 27 heavy (non-hydrogen) atoms. The van der Waals surface area contributed by atoms with Crippen LogP contribution in [0.3, 0.4) is 0 Å². The van der Waals surface area contributed by atoms with Crippen molar-refractivity contribution in [3.63, 3.8) is 0 Å². The molecule has 2 N–H and O–H groups in total. The Kier molecular flexibility index (Phi) is 6.22. The first-order valence-corrected chi connectivity index (χ1v) is 9.33. The van der Waals surface area contributed by atoms with Crippen LogP contribution in [0.4, 0.5) is 19.5 Å². The number of carbonyl (C=O) groups is 2. The third kappa shape index (κ3) is 5.30. The molecule has 2 rings (SSSR count). The van der Waals surface area contributed by atoms with Crippen LogP contribution in [0, 0.1) is 6.92 Å². The number of aryl methyl sites for hydroxylation is 1. The molecule has 0 bridgehead atoms. The van der Waals surface area contributed by atoms with E-state index in [1.165, 1.54) is 12.3 Å². The lowest BCUT2D eigenvalue weighted by Crippen LogP contribution is -2.35. The minimum absolute atomic E-state index is 0.185. The maximum absolute atomic E-state index is 12.3. The third-order valence-corrected chi connectivity index (χ3v) is 5.08. The molecule has 0 fully saturated rings. The monoisotopic (exact) mass is 422 g/mol. The number of halogens is 2. The van der Waals surface area contributed by atoms with Crippen LogP contribution in [0.15, 0.2) is 21.7 Å². The Morgan fingerprint density at radius 2 is 1.96 bits per heavy atom. The van der Waals surface area contributed by atoms with Gasteiger partial charge in [0, 0.05) is 22.5 Å². The van der Waals surface area contributed by atoms with Crippen molar-refractivity contribution in [1.29, 1.82) is 0 Å². The second-order valence-electron chi connectivity index (χ2n) is 4.75. The Hall–Kier alpha value is -2.87. The Balaban J connectivity index is 2.17. The number of aromatic nitrogens is 2. The first-order chi connectivity index (χ1) is 12.6. The summed E-state index contributed by atoms with van der Waals surface area (Å²) in [7, 11) is -3.35. The van der Waals surface area contributed by atoms with Crippen molar-refractivity contribution in [2.45, 2.75) is 18.4 Å². The van der Waals surface area contributed by atoms with E-state index in [1.807, 2.05) is 5.32 Å². The Bertz CT molecular complexity index is 963. The van der Waals surface area contributed by atoms with E-state index in [-0.39, 0.29) is 11.3 Å². The number of hydrogen-bond donors (Lipinski definition) is 2. The Labute approximate surface area is 155 Å². The maximum Gasteiger partial charge on any atom is 0.388 e. The van der Waals surface area contributed by atoms with Gasteiger partial charge in [-0.1, -0.05) is 0 Å². The number of rotatable bonds is 6. The number of alkyl halides is 2. The summed E-state index contributed by atoms with van der Waals surface area (Å²) >= 11 is 0.913. The van der Waals surface area contributed by atoms with E-state index in [9.17, 15) is 26.8 Å². The number of ether oxygens (including phenoxy) is 2. The summed E-state index contributed by atoms with van der Waals surface area (Å²) in [6, 6.07) is -0.175. The van der Waals surface area contributed by atoms with E-state index < -0.39 is 45.4 Å². The van der Waals surface area contributed by atoms with Crippen molar-refractivity contribution in [1.82, 2.24) is 14.7 Å². The number of urea groups is 1. The van der Waals surface area contributed by atoms with Gasteiger partial charge in [-0.3, -0.25) is 5.32 Å². The highest BCUT2D eigenvalue weighted by Crippen LogP contribution is 2.21. The second-order valence-corrected chi connectivity index (χ2v) is 7.14. The van der Waals surface area contributed by atoms with E-state index in [0.29, 0.717) is 0 Å². The SMILES string of the molecule is COC(=O)c1cscc1S(=O)(=O)NC(=O)Nc1nc(C)cc(OC(F)F)n1. The van der Waals surface area contributed by atoms with Gasteiger partial charge in [-0.05, 0) is 6.92 Å². The van der Waals surface area contributed by atoms with Crippen LogP contribution in [-0.4, -0.2) is 44.1 Å². The van der Waals surface area contributed by atoms with E-state index in [2.05, 4.69) is 19.4 Å². The number of methoxy groups -OCH3 is 1. The first-order valence-electron chi connectivity index (χ1n) is 6.91. The van der Waals surface area contributed by atoms with Gasteiger partial charge in [0.2, 0.25) is 11.8 Å². The topological polar surface area (TPSA) is 137 Å². The highest BCUT2D eigenvalue weighted by atomic mass is 32.2. The molecule has 2 amide bonds. The van der Waals surface area contributed by atoms with Crippen LogP contribution in [0.2, 0.25) is 0 Å². The number of carbonyl (C=O) groups excluding carboxylic acids is 2. The average Bonchev–Trinajstić information content (AvgIpc) is 3.02. The van der Waals surface area contributed by atoms with Gasteiger partial charge in [0.15, 0.2) is 0 Å². The van der Waals surface area contributed by atoms with Crippen LogP contribution in [0.5, 0.6) is 5.88 Å². The molecule has 14 heteroatoms. The second kappa shape index (κ2) is 8.22. The van der Waals surface area contributed by atoms with Crippen molar-refractivity contribution in [3.8, 4) is 5.88 Å². The van der Waals surface area contributed by atoms with E-state index >= 15 is 0 Å². The number of thiophene rings is 1. The predicted molar refractivity (Wildman–Crippen MR) is 88.4 cm³/mol. The molecule has 0 atom stereocenters. The molecule has 0 aliphatic rings. The van der Waals surface area contributed by atoms with E-state index in [0.717, 1.165) is 29.9 Å². The summed E-state index contributed by atoms with van der Waals surface area (Å²) in [6.07, 6.45) is 0. The molecule has 2 aromatic rings. The summed E-state index contributed by atoms with van der Waals surface area (Å²) in [5.41, 5.74) is -0.0631. The summed E-state index contributed by atoms with van der Waals surface area (Å²) in [5.74, 6) is -1.87. The van der Waals surface area contributed by atoms with Crippen molar-refractivity contribution in [3.05, 3.63) is 28.1 Å². The number of esters is 1. The minimum Gasteiger partial charge on any atom is -0.465 e. The lowest BCUT2D eigenvalue weighted by Gasteiger charge is -2.10. The zero-order chi connectivity index (χ0) is 20.2. The van der Waals surface area contributed by atoms with Gasteiger partial charge >= 0.3 is 18.6 Å². The molecule has 0 aromatic carbocycles. The molecule has 146 valence electrons. The normalized spacial score (nSPS) is 11.1. The molecular formula is C13H12F2N4O6S2. The van der Waals surface area contributed by atoms with Crippen LogP contribution >= 0.6 is 11.3 Å². The standard InChI is InChI=1S/C13H12F2N4O6S2/c1-6-3-9(25-11(14)15)17-12(16-6)18-13(21)19-27(22,23)8-5-26-4-7(8)10(20)24-2/h3-5,11H,1-2H3,(H2,16,17,18,19,21). The van der Waals surface area contributed by atoms with Gasteiger partial charge in [0.05, 0.1) is 12.7 Å². The Morgan fingerprint density at radius 1 is 1.26 bits per heavy atom. The largest absolute Gasteiger partial charge is 0.465 e. The fourth-order valence-corrected chi connectivity index (χ4v) is 4.07. The molecule has 0 spiro atoms. The van der Waals surface area contributed by atoms with Gasteiger partial charge in [0.1, 0.15) is 4.90 Å². The van der Waals surface area contributed by atoms with Crippen LogP contribution in [-0.2, 0) is 14.8 Å². The fraction of sp³-hybridized carbons (Fsp3) is 0.231. The first kappa shape index (κ1) is 20.4. The zero-order valence-electron chi connectivity index (χ0n) is 13.7. The van der Waals surface area contributed by atoms with Gasteiger partial charge in [-0.2, -0.15) is 25.1 Å². The summed E-state index contributed by atoms with van der Waals surface area (Å²) in [6.45, 7) is -1.72. The van der Waals surface area contributed by atoms with Crippen molar-refractivity contribution in [2.24, 2.45) is 0 Å². The summed E-state index contributed by atoms with van der Waals surface area (Å²) in [4.78, 5) is 30.3. The molecule has 2 aromatic heterocycles. The lowest BCUT2D eigenvalue weighted by atomic mass is 10.3. The molecule has 0 aliphatic carbocycles. The summed E-state index contributed by atoms with van der Waals surface area (Å²) < 4.78 is 59.3. The van der Waals surface area contributed by atoms with Gasteiger partial charge < -0.3 is 9.47 Å². The molecule has 0 saturated heterocycles.